The lowest BCUT2D eigenvalue weighted by Gasteiger charge is -2.25. The van der Waals surface area contributed by atoms with Crippen LogP contribution < -0.4 is 4.74 Å². The summed E-state index contributed by atoms with van der Waals surface area (Å²) in [5.74, 6) is -0.714. The van der Waals surface area contributed by atoms with Gasteiger partial charge in [-0.2, -0.15) is 0 Å². The van der Waals surface area contributed by atoms with Gasteiger partial charge in [-0.1, -0.05) is 55.5 Å². The topological polar surface area (TPSA) is 66.8 Å². The van der Waals surface area contributed by atoms with Gasteiger partial charge in [-0.25, -0.2) is 0 Å². The Morgan fingerprint density at radius 3 is 2.37 bits per heavy atom. The highest BCUT2D eigenvalue weighted by Gasteiger charge is 2.45. The Morgan fingerprint density at radius 2 is 1.70 bits per heavy atom. The van der Waals surface area contributed by atoms with E-state index in [2.05, 4.69) is 0 Å². The van der Waals surface area contributed by atoms with Gasteiger partial charge in [0, 0.05) is 12.1 Å². The van der Waals surface area contributed by atoms with Crippen LogP contribution in [-0.4, -0.2) is 35.4 Å². The smallest absolute Gasteiger partial charge is 0.295 e. The number of hydrogen-bond donors (Lipinski definition) is 1. The summed E-state index contributed by atoms with van der Waals surface area (Å²) in [5.41, 5.74) is 1.39. The van der Waals surface area contributed by atoms with E-state index in [4.69, 9.17) is 4.74 Å². The van der Waals surface area contributed by atoms with Crippen LogP contribution in [0.15, 0.2) is 72.3 Å². The molecule has 3 aromatic carbocycles. The van der Waals surface area contributed by atoms with Gasteiger partial charge in [0.05, 0.1) is 18.7 Å². The zero-order valence-electron chi connectivity index (χ0n) is 17.0. The molecule has 1 fully saturated rings. The van der Waals surface area contributed by atoms with Crippen LogP contribution in [-0.2, 0) is 9.59 Å². The molecule has 1 heterocycles. The minimum absolute atomic E-state index is 0.119. The number of likely N-dealkylation sites (tertiary alicyclic amines) is 1. The van der Waals surface area contributed by atoms with Crippen LogP contribution in [0.25, 0.3) is 16.5 Å². The Balaban J connectivity index is 1.87. The number of aliphatic hydroxyl groups excluding tert-OH is 1. The number of rotatable bonds is 5. The van der Waals surface area contributed by atoms with Gasteiger partial charge >= 0.3 is 0 Å². The molecule has 0 saturated carbocycles. The van der Waals surface area contributed by atoms with Gasteiger partial charge < -0.3 is 14.7 Å². The summed E-state index contributed by atoms with van der Waals surface area (Å²) in [6.45, 7) is 2.38. The lowest BCUT2D eigenvalue weighted by Crippen LogP contribution is -2.30. The van der Waals surface area contributed by atoms with E-state index in [9.17, 15) is 14.7 Å². The number of ketones is 1. The first-order valence-electron chi connectivity index (χ1n) is 9.96. The lowest BCUT2D eigenvalue weighted by atomic mass is 9.94. The highest BCUT2D eigenvalue weighted by Crippen LogP contribution is 2.40. The summed E-state index contributed by atoms with van der Waals surface area (Å²) in [4.78, 5) is 27.2. The molecule has 152 valence electrons. The quantitative estimate of drug-likeness (QED) is 0.383. The second-order valence-corrected chi connectivity index (χ2v) is 7.33. The first-order chi connectivity index (χ1) is 14.5. The first-order valence-corrected chi connectivity index (χ1v) is 9.96. The fraction of sp³-hybridized carbons (Fsp3) is 0.200. The number of Topliss-reactive ketones (excluding diaryl/α,β-unsaturated/α-hetero) is 1. The minimum atomic E-state index is -0.657. The van der Waals surface area contributed by atoms with Crippen molar-refractivity contribution < 1.29 is 19.4 Å². The van der Waals surface area contributed by atoms with Crippen molar-refractivity contribution in [2.45, 2.75) is 19.4 Å². The second-order valence-electron chi connectivity index (χ2n) is 7.33. The standard InChI is InChI=1S/C25H23NO4/c1-3-14-26-22(17-10-12-20(30-2)13-11-17)21(24(28)25(26)29)23(27)19-9-8-16-6-4-5-7-18(16)15-19/h4-13,15,22,27H,3,14H2,1-2H3/b23-21-. The molecule has 0 aliphatic carbocycles. The molecule has 5 nitrogen and oxygen atoms in total. The number of benzene rings is 3. The van der Waals surface area contributed by atoms with E-state index < -0.39 is 17.7 Å². The number of aliphatic hydroxyl groups is 1. The predicted octanol–water partition coefficient (Wildman–Crippen LogP) is 4.68. The maximum Gasteiger partial charge on any atom is 0.295 e. The monoisotopic (exact) mass is 401 g/mol. The van der Waals surface area contributed by atoms with Crippen molar-refractivity contribution in [1.29, 1.82) is 0 Å². The number of nitrogens with zero attached hydrogens (tertiary/aromatic N) is 1. The number of fused-ring (bicyclic) bond motifs is 1. The van der Waals surface area contributed by atoms with E-state index in [1.165, 1.54) is 4.90 Å². The molecule has 0 aromatic heterocycles. The van der Waals surface area contributed by atoms with Gasteiger partial charge in [0.15, 0.2) is 0 Å². The van der Waals surface area contributed by atoms with Crippen LogP contribution in [0.3, 0.4) is 0 Å². The normalized spacial score (nSPS) is 18.2. The Kier molecular flexibility index (Phi) is 5.27. The van der Waals surface area contributed by atoms with E-state index in [1.807, 2.05) is 55.5 Å². The predicted molar refractivity (Wildman–Crippen MR) is 116 cm³/mol. The maximum atomic E-state index is 12.9. The lowest BCUT2D eigenvalue weighted by molar-refractivity contribution is -0.139. The zero-order chi connectivity index (χ0) is 21.3. The molecule has 4 rings (SSSR count). The summed E-state index contributed by atoms with van der Waals surface area (Å²) in [6, 6.07) is 19.9. The number of hydrogen-bond acceptors (Lipinski definition) is 4. The average molecular weight is 401 g/mol. The molecule has 30 heavy (non-hydrogen) atoms. The summed E-state index contributed by atoms with van der Waals surface area (Å²) in [6.07, 6.45) is 0.704. The van der Waals surface area contributed by atoms with Crippen LogP contribution in [0.5, 0.6) is 5.75 Å². The molecule has 0 radical (unpaired) electrons. The average Bonchev–Trinajstić information content (AvgIpc) is 3.03. The van der Waals surface area contributed by atoms with E-state index in [0.717, 1.165) is 16.3 Å². The fourth-order valence-electron chi connectivity index (χ4n) is 3.98. The first kappa shape index (κ1) is 19.7. The molecule has 1 aliphatic heterocycles. The fourth-order valence-corrected chi connectivity index (χ4v) is 3.98. The molecular formula is C25H23NO4. The number of amides is 1. The summed E-state index contributed by atoms with van der Waals surface area (Å²) < 4.78 is 5.22. The van der Waals surface area contributed by atoms with E-state index in [0.29, 0.717) is 24.3 Å². The number of carbonyl (C=O) groups is 2. The highest BCUT2D eigenvalue weighted by atomic mass is 16.5. The van der Waals surface area contributed by atoms with Gasteiger partial charge in [-0.05, 0) is 41.0 Å². The second kappa shape index (κ2) is 8.03. The maximum absolute atomic E-state index is 12.9. The Morgan fingerprint density at radius 1 is 1.00 bits per heavy atom. The molecule has 1 N–H and O–H groups in total. The highest BCUT2D eigenvalue weighted by molar-refractivity contribution is 6.46. The van der Waals surface area contributed by atoms with Crippen LogP contribution in [0.1, 0.15) is 30.5 Å². The minimum Gasteiger partial charge on any atom is -0.507 e. The Hall–Kier alpha value is -3.60. The molecule has 1 atom stereocenters. The third-order valence-corrected chi connectivity index (χ3v) is 5.46. The number of methoxy groups -OCH3 is 1. The molecule has 1 aliphatic rings. The zero-order valence-corrected chi connectivity index (χ0v) is 17.0. The van der Waals surface area contributed by atoms with Crippen molar-refractivity contribution in [3.63, 3.8) is 0 Å². The van der Waals surface area contributed by atoms with Crippen molar-refractivity contribution >= 4 is 28.2 Å². The van der Waals surface area contributed by atoms with E-state index in [-0.39, 0.29) is 11.3 Å². The van der Waals surface area contributed by atoms with Gasteiger partial charge in [0.2, 0.25) is 0 Å². The van der Waals surface area contributed by atoms with Gasteiger partial charge in [0.1, 0.15) is 11.5 Å². The largest absolute Gasteiger partial charge is 0.507 e. The molecular weight excluding hydrogens is 378 g/mol. The molecule has 0 bridgehead atoms. The van der Waals surface area contributed by atoms with Crippen LogP contribution >= 0.6 is 0 Å². The molecule has 5 heteroatoms. The van der Waals surface area contributed by atoms with Crippen molar-refractivity contribution in [3.05, 3.63) is 83.4 Å². The van der Waals surface area contributed by atoms with E-state index >= 15 is 0 Å². The van der Waals surface area contributed by atoms with Crippen molar-refractivity contribution in [2.24, 2.45) is 0 Å². The SMILES string of the molecule is CCCN1C(=O)C(=O)/C(=C(\O)c2ccc3ccccc3c2)C1c1ccc(OC)cc1. The third kappa shape index (κ3) is 3.32. The van der Waals surface area contributed by atoms with E-state index in [1.54, 1.807) is 25.3 Å². The Labute approximate surface area is 175 Å². The number of carbonyl (C=O) groups excluding carboxylic acids is 2. The van der Waals surface area contributed by atoms with Gasteiger partial charge in [0.25, 0.3) is 11.7 Å². The summed E-state index contributed by atoms with van der Waals surface area (Å²) >= 11 is 0. The van der Waals surface area contributed by atoms with Crippen molar-refractivity contribution in [2.75, 3.05) is 13.7 Å². The molecule has 3 aromatic rings. The van der Waals surface area contributed by atoms with Crippen LogP contribution in [0.2, 0.25) is 0 Å². The van der Waals surface area contributed by atoms with Crippen LogP contribution in [0, 0.1) is 0 Å². The molecule has 0 spiro atoms. The molecule has 1 unspecified atom stereocenters. The molecule has 1 saturated heterocycles. The Bertz CT molecular complexity index is 1150. The number of ether oxygens (including phenoxy) is 1. The van der Waals surface area contributed by atoms with Gasteiger partial charge in [-0.3, -0.25) is 9.59 Å². The van der Waals surface area contributed by atoms with Crippen molar-refractivity contribution in [1.82, 2.24) is 4.90 Å². The third-order valence-electron chi connectivity index (χ3n) is 5.46. The van der Waals surface area contributed by atoms with Crippen LogP contribution in [0.4, 0.5) is 0 Å². The molecule has 1 amide bonds. The summed E-state index contributed by atoms with van der Waals surface area (Å²) in [5, 5.41) is 13.1. The van der Waals surface area contributed by atoms with Gasteiger partial charge in [-0.15, -0.1) is 0 Å². The summed E-state index contributed by atoms with van der Waals surface area (Å²) in [7, 11) is 1.58. The van der Waals surface area contributed by atoms with Crippen molar-refractivity contribution in [3.8, 4) is 5.75 Å².